The van der Waals surface area contributed by atoms with Crippen molar-refractivity contribution in [3.63, 3.8) is 0 Å². The highest BCUT2D eigenvalue weighted by molar-refractivity contribution is 5.98. The van der Waals surface area contributed by atoms with Gasteiger partial charge in [-0.2, -0.15) is 13.2 Å². The van der Waals surface area contributed by atoms with Crippen LogP contribution in [0.5, 0.6) is 0 Å². The number of amides is 1. The van der Waals surface area contributed by atoms with Crippen LogP contribution in [0.1, 0.15) is 32.7 Å². The second-order valence-electron chi connectivity index (χ2n) is 11.4. The fourth-order valence-corrected chi connectivity index (χ4v) is 5.76. The molecule has 43 heavy (non-hydrogen) atoms. The van der Waals surface area contributed by atoms with Crippen molar-refractivity contribution in [2.75, 3.05) is 57.3 Å². The fourth-order valence-electron chi connectivity index (χ4n) is 5.76. The van der Waals surface area contributed by atoms with Gasteiger partial charge in [-0.15, -0.1) is 0 Å². The van der Waals surface area contributed by atoms with Crippen LogP contribution in [-0.2, 0) is 19.3 Å². The van der Waals surface area contributed by atoms with E-state index in [0.717, 1.165) is 72.8 Å². The average Bonchev–Trinajstić information content (AvgIpc) is 3.02. The maximum absolute atomic E-state index is 13.3. The van der Waals surface area contributed by atoms with Gasteiger partial charge < -0.3 is 9.80 Å². The number of alkyl halides is 3. The van der Waals surface area contributed by atoms with E-state index in [9.17, 15) is 18.0 Å². The molecule has 2 fully saturated rings. The van der Waals surface area contributed by atoms with Gasteiger partial charge in [0.25, 0.3) is 5.91 Å². The number of nitrogens with zero attached hydrogens (tertiary/aromatic N) is 6. The summed E-state index contributed by atoms with van der Waals surface area (Å²) in [7, 11) is 0. The Morgan fingerprint density at radius 3 is 2.07 bits per heavy atom. The third-order valence-electron chi connectivity index (χ3n) is 8.34. The van der Waals surface area contributed by atoms with Crippen LogP contribution in [0.3, 0.4) is 0 Å². The van der Waals surface area contributed by atoms with Crippen LogP contribution in [0.2, 0.25) is 0 Å². The Kier molecular flexibility index (Phi) is 8.32. The van der Waals surface area contributed by atoms with Crippen molar-refractivity contribution in [1.82, 2.24) is 24.7 Å². The molecule has 0 unspecified atom stereocenters. The molecule has 0 aliphatic carbocycles. The smallest absolute Gasteiger partial charge is 0.354 e. The molecule has 2 aliphatic rings. The molecule has 6 rings (SSSR count). The van der Waals surface area contributed by atoms with Crippen molar-refractivity contribution in [3.8, 4) is 0 Å². The lowest BCUT2D eigenvalue weighted by atomic mass is 10.1. The Bertz CT molecular complexity index is 1560. The molecule has 0 spiro atoms. The zero-order valence-corrected chi connectivity index (χ0v) is 24.2. The maximum atomic E-state index is 13.3. The van der Waals surface area contributed by atoms with Gasteiger partial charge in [-0.1, -0.05) is 18.2 Å². The van der Waals surface area contributed by atoms with Gasteiger partial charge in [-0.05, 0) is 66.6 Å². The molecule has 0 N–H and O–H groups in total. The second-order valence-corrected chi connectivity index (χ2v) is 11.4. The highest BCUT2D eigenvalue weighted by atomic mass is 19.4. The molecule has 2 aromatic heterocycles. The molecule has 1 amide bonds. The summed E-state index contributed by atoms with van der Waals surface area (Å²) in [4.78, 5) is 31.4. The van der Waals surface area contributed by atoms with Crippen molar-refractivity contribution >= 4 is 22.6 Å². The summed E-state index contributed by atoms with van der Waals surface area (Å²) in [6.45, 7) is 9.65. The van der Waals surface area contributed by atoms with E-state index in [1.807, 2.05) is 48.4 Å². The number of piperazine rings is 2. The summed E-state index contributed by atoms with van der Waals surface area (Å²) in [5.41, 5.74) is 3.95. The maximum Gasteiger partial charge on any atom is 0.416 e. The van der Waals surface area contributed by atoms with Crippen molar-refractivity contribution in [2.45, 2.75) is 26.2 Å². The minimum absolute atomic E-state index is 0.0138. The number of hydrogen-bond donors (Lipinski definition) is 0. The molecule has 224 valence electrons. The Morgan fingerprint density at radius 2 is 1.42 bits per heavy atom. The first kappa shape index (κ1) is 29.1. The van der Waals surface area contributed by atoms with Gasteiger partial charge in [0.05, 0.1) is 11.1 Å². The van der Waals surface area contributed by atoms with E-state index in [4.69, 9.17) is 4.98 Å². The average molecular weight is 589 g/mol. The quantitative estimate of drug-likeness (QED) is 0.307. The van der Waals surface area contributed by atoms with Crippen LogP contribution in [0.15, 0.2) is 72.9 Å². The molecule has 0 atom stereocenters. The van der Waals surface area contributed by atoms with Crippen molar-refractivity contribution in [3.05, 3.63) is 101 Å². The molecular formula is C33H35F3N6O. The van der Waals surface area contributed by atoms with E-state index < -0.39 is 11.7 Å². The number of halogens is 3. The Morgan fingerprint density at radius 1 is 0.767 bits per heavy atom. The number of benzene rings is 2. The second kappa shape index (κ2) is 12.3. The number of fused-ring (bicyclic) bond motifs is 1. The third kappa shape index (κ3) is 6.97. The predicted octanol–water partition coefficient (Wildman–Crippen LogP) is 5.24. The summed E-state index contributed by atoms with van der Waals surface area (Å²) in [5.74, 6) is 0.937. The van der Waals surface area contributed by atoms with Crippen LogP contribution < -0.4 is 4.90 Å². The van der Waals surface area contributed by atoms with E-state index in [1.54, 1.807) is 0 Å². The normalized spacial score (nSPS) is 17.0. The van der Waals surface area contributed by atoms with Gasteiger partial charge in [0.1, 0.15) is 5.82 Å². The first-order valence-corrected chi connectivity index (χ1v) is 14.7. The van der Waals surface area contributed by atoms with Gasteiger partial charge >= 0.3 is 6.18 Å². The van der Waals surface area contributed by atoms with Crippen LogP contribution in [-0.4, -0.2) is 82.9 Å². The van der Waals surface area contributed by atoms with Gasteiger partial charge in [-0.25, -0.2) is 4.98 Å². The summed E-state index contributed by atoms with van der Waals surface area (Å²) in [6.07, 6.45) is -2.37. The largest absolute Gasteiger partial charge is 0.416 e. The predicted molar refractivity (Wildman–Crippen MR) is 161 cm³/mol. The molecule has 0 radical (unpaired) electrons. The summed E-state index contributed by atoms with van der Waals surface area (Å²) in [6, 6.07) is 19.3. The van der Waals surface area contributed by atoms with Gasteiger partial charge in [0.15, 0.2) is 0 Å². The summed E-state index contributed by atoms with van der Waals surface area (Å²) < 4.78 is 38.5. The van der Waals surface area contributed by atoms with Crippen LogP contribution in [0, 0.1) is 6.92 Å². The SMILES string of the molecule is Cc1ccc(CN2CCN(c3ccc4cc(C(=O)N5CCN(Cc6ccc(C(F)(F)F)cc6)CC5)ccc4n3)CC2)cn1. The van der Waals surface area contributed by atoms with E-state index in [0.29, 0.717) is 38.3 Å². The Balaban J connectivity index is 1.01. The molecular weight excluding hydrogens is 553 g/mol. The minimum Gasteiger partial charge on any atom is -0.354 e. The third-order valence-corrected chi connectivity index (χ3v) is 8.34. The van der Waals surface area contributed by atoms with Crippen molar-refractivity contribution < 1.29 is 18.0 Å². The van der Waals surface area contributed by atoms with Gasteiger partial charge in [0.2, 0.25) is 0 Å². The van der Waals surface area contributed by atoms with Crippen LogP contribution >= 0.6 is 0 Å². The zero-order chi connectivity index (χ0) is 30.0. The summed E-state index contributed by atoms with van der Waals surface area (Å²) >= 11 is 0. The number of pyridine rings is 2. The highest BCUT2D eigenvalue weighted by Gasteiger charge is 2.30. The molecule has 4 heterocycles. The first-order valence-electron chi connectivity index (χ1n) is 14.7. The molecule has 2 aromatic carbocycles. The highest BCUT2D eigenvalue weighted by Crippen LogP contribution is 2.29. The zero-order valence-electron chi connectivity index (χ0n) is 24.2. The van der Waals surface area contributed by atoms with Crippen LogP contribution in [0.4, 0.5) is 19.0 Å². The van der Waals surface area contributed by atoms with Crippen molar-refractivity contribution in [2.24, 2.45) is 0 Å². The number of aryl methyl sites for hydroxylation is 1. The number of aromatic nitrogens is 2. The number of hydrogen-bond acceptors (Lipinski definition) is 6. The Labute approximate surface area is 249 Å². The Hall–Kier alpha value is -4.02. The topological polar surface area (TPSA) is 55.8 Å². The lowest BCUT2D eigenvalue weighted by Crippen LogP contribution is -2.48. The number of carbonyl (C=O) groups excluding carboxylic acids is 1. The standard InChI is InChI=1S/C33H35F3N6O/c1-24-2-3-26(21-37-24)23-40-12-16-41(17-13-40)31-11-7-27-20-28(6-10-30(27)38-31)32(43)42-18-14-39(15-19-42)22-25-4-8-29(9-5-25)33(34,35)36/h2-11,20-21H,12-19,22-23H2,1H3. The van der Waals surface area contributed by atoms with Gasteiger partial charge in [0, 0.05) is 88.3 Å². The van der Waals surface area contributed by atoms with E-state index >= 15 is 0 Å². The molecule has 2 aliphatic heterocycles. The lowest BCUT2D eigenvalue weighted by Gasteiger charge is -2.35. The molecule has 0 bridgehead atoms. The monoisotopic (exact) mass is 588 g/mol. The number of anilines is 1. The van der Waals surface area contributed by atoms with Gasteiger partial charge in [-0.3, -0.25) is 19.6 Å². The molecule has 2 saturated heterocycles. The lowest BCUT2D eigenvalue weighted by molar-refractivity contribution is -0.137. The van der Waals surface area contributed by atoms with Crippen LogP contribution in [0.25, 0.3) is 10.9 Å². The number of rotatable bonds is 6. The summed E-state index contributed by atoms with van der Waals surface area (Å²) in [5, 5.41) is 0.932. The van der Waals surface area contributed by atoms with Crippen molar-refractivity contribution in [1.29, 1.82) is 0 Å². The fraction of sp³-hybridized carbons (Fsp3) is 0.364. The molecule has 10 heteroatoms. The minimum atomic E-state index is -4.33. The van der Waals surface area contributed by atoms with E-state index in [2.05, 4.69) is 31.8 Å². The first-order chi connectivity index (χ1) is 20.7. The molecule has 7 nitrogen and oxygen atoms in total. The number of carbonyl (C=O) groups is 1. The van der Waals surface area contributed by atoms with E-state index in [1.165, 1.54) is 17.7 Å². The molecule has 4 aromatic rings. The molecule has 0 saturated carbocycles. The van der Waals surface area contributed by atoms with E-state index in [-0.39, 0.29) is 5.91 Å².